The van der Waals surface area contributed by atoms with Gasteiger partial charge in [0.2, 0.25) is 5.88 Å². The number of hydrogen-bond acceptors (Lipinski definition) is 9. The molecule has 10 nitrogen and oxygen atoms in total. The Hall–Kier alpha value is -2.30. The summed E-state index contributed by atoms with van der Waals surface area (Å²) in [7, 11) is 1.46. The van der Waals surface area contributed by atoms with E-state index >= 15 is 0 Å². The number of carbonyl (C=O) groups excluding carboxylic acids is 1. The summed E-state index contributed by atoms with van der Waals surface area (Å²) in [6, 6.07) is 0. The molecule has 1 aliphatic heterocycles. The fourth-order valence-electron chi connectivity index (χ4n) is 2.54. The first-order valence-electron chi connectivity index (χ1n) is 7.45. The highest BCUT2D eigenvalue weighted by molar-refractivity contribution is 5.76. The number of hydrogen-bond donors (Lipinski definition) is 2. The molecular formula is C14H18N4O6. The standard InChI is InChI=1S/C14H18N4O6/c1-3-8(19)23-4-7-10(20)11(21)14(24-7)18-6-17-9-12(18)15-5-16-13(9)22-2/h5-7,10-11,14,20-21H,3-4H2,1-2H3/t7-,10-,11+,14-/m1/s1. The number of fused-ring (bicyclic) bond motifs is 1. The maximum Gasteiger partial charge on any atom is 0.305 e. The van der Waals surface area contributed by atoms with Crippen molar-refractivity contribution in [1.29, 1.82) is 0 Å². The predicted molar refractivity (Wildman–Crippen MR) is 79.0 cm³/mol. The van der Waals surface area contributed by atoms with Gasteiger partial charge in [-0.1, -0.05) is 6.92 Å². The minimum atomic E-state index is -1.23. The molecule has 2 aromatic rings. The third kappa shape index (κ3) is 2.79. The molecule has 1 fully saturated rings. The van der Waals surface area contributed by atoms with Crippen LogP contribution in [0.15, 0.2) is 12.7 Å². The Labute approximate surface area is 137 Å². The Morgan fingerprint density at radius 3 is 2.83 bits per heavy atom. The van der Waals surface area contributed by atoms with Crippen LogP contribution in [0.4, 0.5) is 0 Å². The molecule has 4 atom stereocenters. The lowest BCUT2D eigenvalue weighted by atomic mass is 10.1. The van der Waals surface area contributed by atoms with E-state index in [0.29, 0.717) is 17.0 Å². The molecule has 3 heterocycles. The van der Waals surface area contributed by atoms with Crippen LogP contribution in [0.1, 0.15) is 19.6 Å². The predicted octanol–water partition coefficient (Wildman–Crippen LogP) is -0.593. The third-order valence-corrected chi connectivity index (χ3v) is 3.83. The van der Waals surface area contributed by atoms with E-state index in [1.54, 1.807) is 6.92 Å². The summed E-state index contributed by atoms with van der Waals surface area (Å²) in [5.41, 5.74) is 0.801. The molecule has 130 valence electrons. The summed E-state index contributed by atoms with van der Waals surface area (Å²) >= 11 is 0. The highest BCUT2D eigenvalue weighted by Gasteiger charge is 2.44. The molecule has 0 amide bonds. The molecule has 10 heteroatoms. The minimum absolute atomic E-state index is 0.146. The van der Waals surface area contributed by atoms with Crippen molar-refractivity contribution in [2.75, 3.05) is 13.7 Å². The molecule has 0 radical (unpaired) electrons. The second-order valence-electron chi connectivity index (χ2n) is 5.29. The second-order valence-corrected chi connectivity index (χ2v) is 5.29. The number of ether oxygens (including phenoxy) is 3. The van der Waals surface area contributed by atoms with Crippen LogP contribution in [0.25, 0.3) is 11.2 Å². The van der Waals surface area contributed by atoms with Crippen molar-refractivity contribution in [2.24, 2.45) is 0 Å². The average Bonchev–Trinajstić information content (AvgIpc) is 3.15. The van der Waals surface area contributed by atoms with Gasteiger partial charge in [0.1, 0.15) is 31.2 Å². The molecule has 0 unspecified atom stereocenters. The summed E-state index contributed by atoms with van der Waals surface area (Å²) in [5.74, 6) is -0.116. The summed E-state index contributed by atoms with van der Waals surface area (Å²) in [6.07, 6.45) is -1.26. The smallest absolute Gasteiger partial charge is 0.305 e. The molecule has 2 aromatic heterocycles. The maximum atomic E-state index is 11.2. The van der Waals surface area contributed by atoms with Gasteiger partial charge in [-0.15, -0.1) is 0 Å². The molecular weight excluding hydrogens is 320 g/mol. The van der Waals surface area contributed by atoms with Crippen LogP contribution in [-0.4, -0.2) is 67.7 Å². The highest BCUT2D eigenvalue weighted by atomic mass is 16.6. The number of aliphatic hydroxyl groups excluding tert-OH is 2. The summed E-state index contributed by atoms with van der Waals surface area (Å²) in [5, 5.41) is 20.4. The number of imidazole rings is 1. The van der Waals surface area contributed by atoms with E-state index in [9.17, 15) is 15.0 Å². The second kappa shape index (κ2) is 6.67. The number of methoxy groups -OCH3 is 1. The van der Waals surface area contributed by atoms with Crippen LogP contribution in [0, 0.1) is 0 Å². The van der Waals surface area contributed by atoms with E-state index in [4.69, 9.17) is 14.2 Å². The minimum Gasteiger partial charge on any atom is -0.479 e. The van der Waals surface area contributed by atoms with Crippen molar-refractivity contribution >= 4 is 17.1 Å². The molecule has 3 rings (SSSR count). The zero-order valence-corrected chi connectivity index (χ0v) is 13.2. The lowest BCUT2D eigenvalue weighted by Crippen LogP contribution is -2.34. The SMILES string of the molecule is CCC(=O)OC[C@H]1O[C@@H](n2cnc3c(OC)ncnc32)[C@@H](O)[C@@H]1O. The van der Waals surface area contributed by atoms with Crippen LogP contribution in [0.5, 0.6) is 5.88 Å². The first-order chi connectivity index (χ1) is 11.6. The van der Waals surface area contributed by atoms with Crippen molar-refractivity contribution in [3.63, 3.8) is 0 Å². The van der Waals surface area contributed by atoms with Gasteiger partial charge in [-0.2, -0.15) is 4.98 Å². The van der Waals surface area contributed by atoms with Gasteiger partial charge in [0, 0.05) is 6.42 Å². The molecule has 1 aliphatic rings. The topological polar surface area (TPSA) is 129 Å². The van der Waals surface area contributed by atoms with Gasteiger partial charge < -0.3 is 24.4 Å². The number of rotatable bonds is 5. The Morgan fingerprint density at radius 1 is 1.33 bits per heavy atom. The summed E-state index contributed by atoms with van der Waals surface area (Å²) in [4.78, 5) is 23.5. The lowest BCUT2D eigenvalue weighted by molar-refractivity contribution is -0.149. The van der Waals surface area contributed by atoms with Gasteiger partial charge in [0.25, 0.3) is 0 Å². The Balaban J connectivity index is 1.83. The van der Waals surface area contributed by atoms with Gasteiger partial charge in [-0.25, -0.2) is 9.97 Å². The third-order valence-electron chi connectivity index (χ3n) is 3.83. The van der Waals surface area contributed by atoms with E-state index in [0.717, 1.165) is 0 Å². The van der Waals surface area contributed by atoms with Crippen LogP contribution in [0.2, 0.25) is 0 Å². The fraction of sp³-hybridized carbons (Fsp3) is 0.571. The molecule has 1 saturated heterocycles. The van der Waals surface area contributed by atoms with E-state index < -0.39 is 30.5 Å². The van der Waals surface area contributed by atoms with Gasteiger partial charge in [-0.05, 0) is 0 Å². The fourth-order valence-corrected chi connectivity index (χ4v) is 2.54. The maximum absolute atomic E-state index is 11.2. The molecule has 0 spiro atoms. The largest absolute Gasteiger partial charge is 0.479 e. The van der Waals surface area contributed by atoms with Gasteiger partial charge >= 0.3 is 5.97 Å². The number of carbonyl (C=O) groups is 1. The Bertz CT molecular complexity index is 735. The molecule has 2 N–H and O–H groups in total. The monoisotopic (exact) mass is 338 g/mol. The molecule has 24 heavy (non-hydrogen) atoms. The normalized spacial score (nSPS) is 26.7. The van der Waals surface area contributed by atoms with Crippen LogP contribution in [0.3, 0.4) is 0 Å². The van der Waals surface area contributed by atoms with Gasteiger partial charge in [-0.3, -0.25) is 9.36 Å². The van der Waals surface area contributed by atoms with Gasteiger partial charge in [0.05, 0.1) is 13.4 Å². The first-order valence-corrected chi connectivity index (χ1v) is 7.45. The van der Waals surface area contributed by atoms with E-state index in [1.165, 1.54) is 24.3 Å². The van der Waals surface area contributed by atoms with Crippen molar-refractivity contribution in [3.8, 4) is 5.88 Å². The average molecular weight is 338 g/mol. The zero-order valence-electron chi connectivity index (χ0n) is 13.2. The number of nitrogens with zero attached hydrogens (tertiary/aromatic N) is 4. The zero-order chi connectivity index (χ0) is 17.3. The first kappa shape index (κ1) is 16.6. The Kier molecular flexibility index (Phi) is 4.60. The Morgan fingerprint density at radius 2 is 2.12 bits per heavy atom. The van der Waals surface area contributed by atoms with Crippen molar-refractivity contribution < 1.29 is 29.2 Å². The summed E-state index contributed by atoms with van der Waals surface area (Å²) < 4.78 is 17.2. The number of esters is 1. The van der Waals surface area contributed by atoms with Crippen molar-refractivity contribution in [2.45, 2.75) is 37.9 Å². The number of aromatic nitrogens is 4. The van der Waals surface area contributed by atoms with E-state index in [2.05, 4.69) is 15.0 Å². The number of aliphatic hydroxyl groups is 2. The lowest BCUT2D eigenvalue weighted by Gasteiger charge is -2.16. The van der Waals surface area contributed by atoms with Crippen molar-refractivity contribution in [1.82, 2.24) is 19.5 Å². The molecule has 0 aromatic carbocycles. The molecule has 0 saturated carbocycles. The van der Waals surface area contributed by atoms with E-state index in [1.807, 2.05) is 0 Å². The van der Waals surface area contributed by atoms with Gasteiger partial charge in [0.15, 0.2) is 17.4 Å². The van der Waals surface area contributed by atoms with Crippen LogP contribution in [-0.2, 0) is 14.3 Å². The molecule has 0 aliphatic carbocycles. The highest BCUT2D eigenvalue weighted by Crippen LogP contribution is 2.32. The van der Waals surface area contributed by atoms with Crippen LogP contribution >= 0.6 is 0 Å². The van der Waals surface area contributed by atoms with Crippen LogP contribution < -0.4 is 4.74 Å². The quantitative estimate of drug-likeness (QED) is 0.687. The van der Waals surface area contributed by atoms with Crippen molar-refractivity contribution in [3.05, 3.63) is 12.7 Å². The molecule has 0 bridgehead atoms. The summed E-state index contributed by atoms with van der Waals surface area (Å²) in [6.45, 7) is 1.52. The van der Waals surface area contributed by atoms with E-state index in [-0.39, 0.29) is 13.0 Å².